The molecule has 7 heteroatoms. The maximum Gasteiger partial charge on any atom is 0.233 e. The van der Waals surface area contributed by atoms with Crippen LogP contribution in [0.15, 0.2) is 35.5 Å². The van der Waals surface area contributed by atoms with Crippen LogP contribution in [0.2, 0.25) is 0 Å². The minimum atomic E-state index is 0.179. The van der Waals surface area contributed by atoms with Crippen LogP contribution in [0.25, 0.3) is 16.6 Å². The van der Waals surface area contributed by atoms with Crippen molar-refractivity contribution >= 4 is 34.2 Å². The molecule has 2 fully saturated rings. The molecular formula is C21H24N4O2S. The summed E-state index contributed by atoms with van der Waals surface area (Å²) in [6, 6.07) is 10.6. The summed E-state index contributed by atoms with van der Waals surface area (Å²) in [6.07, 6.45) is 4.73. The number of amides is 1. The summed E-state index contributed by atoms with van der Waals surface area (Å²) in [5.74, 6) is 0.560. The number of aromatic nitrogens is 3. The van der Waals surface area contributed by atoms with Crippen LogP contribution in [-0.4, -0.2) is 56.5 Å². The highest BCUT2D eigenvalue weighted by atomic mass is 32.2. The van der Waals surface area contributed by atoms with Gasteiger partial charge in [-0.3, -0.25) is 9.20 Å². The lowest BCUT2D eigenvalue weighted by atomic mass is 9.90. The van der Waals surface area contributed by atoms with Crippen LogP contribution >= 0.6 is 11.8 Å². The third-order valence-corrected chi connectivity index (χ3v) is 6.86. The zero-order chi connectivity index (χ0) is 19.1. The number of benzene rings is 1. The van der Waals surface area contributed by atoms with Crippen molar-refractivity contribution in [2.75, 3.05) is 18.9 Å². The minimum Gasteiger partial charge on any atom is -0.374 e. The van der Waals surface area contributed by atoms with Crippen molar-refractivity contribution in [1.29, 1.82) is 0 Å². The van der Waals surface area contributed by atoms with Gasteiger partial charge in [0, 0.05) is 11.9 Å². The molecule has 0 N–H and O–H groups in total. The van der Waals surface area contributed by atoms with E-state index in [0.29, 0.717) is 18.9 Å². The Kier molecular flexibility index (Phi) is 4.72. The van der Waals surface area contributed by atoms with E-state index < -0.39 is 0 Å². The number of rotatable bonds is 3. The summed E-state index contributed by atoms with van der Waals surface area (Å²) < 4.78 is 7.96. The van der Waals surface area contributed by atoms with Crippen molar-refractivity contribution in [3.63, 3.8) is 0 Å². The maximum absolute atomic E-state index is 13.0. The van der Waals surface area contributed by atoms with Crippen molar-refractivity contribution in [2.45, 2.75) is 49.9 Å². The summed E-state index contributed by atoms with van der Waals surface area (Å²) in [5.41, 5.74) is 3.08. The van der Waals surface area contributed by atoms with Crippen LogP contribution in [0, 0.1) is 6.92 Å². The Morgan fingerprint density at radius 3 is 3.04 bits per heavy atom. The number of nitrogens with zero attached hydrogens (tertiary/aromatic N) is 4. The average Bonchev–Trinajstić information content (AvgIpc) is 3.14. The van der Waals surface area contributed by atoms with Gasteiger partial charge >= 0.3 is 0 Å². The lowest BCUT2D eigenvalue weighted by Gasteiger charge is -2.43. The van der Waals surface area contributed by atoms with E-state index in [2.05, 4.69) is 39.7 Å². The highest BCUT2D eigenvalue weighted by molar-refractivity contribution is 7.99. The molecular weight excluding hydrogens is 372 g/mol. The number of ether oxygens (including phenoxy) is 1. The summed E-state index contributed by atoms with van der Waals surface area (Å²) in [5, 5.41) is 10.7. The van der Waals surface area contributed by atoms with Crippen LogP contribution < -0.4 is 0 Å². The van der Waals surface area contributed by atoms with E-state index in [4.69, 9.17) is 4.74 Å². The molecule has 2 atom stereocenters. The lowest BCUT2D eigenvalue weighted by Crippen LogP contribution is -2.55. The van der Waals surface area contributed by atoms with Crippen molar-refractivity contribution in [2.24, 2.45) is 0 Å². The van der Waals surface area contributed by atoms with Crippen LogP contribution in [0.3, 0.4) is 0 Å². The van der Waals surface area contributed by atoms with E-state index in [1.165, 1.54) is 35.6 Å². The number of hydrogen-bond donors (Lipinski definition) is 0. The number of thioether (sulfide) groups is 1. The van der Waals surface area contributed by atoms with Crippen molar-refractivity contribution in [1.82, 2.24) is 19.5 Å². The van der Waals surface area contributed by atoms with Crippen LogP contribution in [0.4, 0.5) is 0 Å². The largest absolute Gasteiger partial charge is 0.374 e. The van der Waals surface area contributed by atoms with Gasteiger partial charge < -0.3 is 9.64 Å². The van der Waals surface area contributed by atoms with Gasteiger partial charge in [-0.25, -0.2) is 0 Å². The van der Waals surface area contributed by atoms with E-state index in [9.17, 15) is 4.79 Å². The molecule has 2 aromatic heterocycles. The first kappa shape index (κ1) is 17.9. The Bertz CT molecular complexity index is 1030. The first-order valence-electron chi connectivity index (χ1n) is 10.00. The van der Waals surface area contributed by atoms with E-state index >= 15 is 0 Å². The normalized spacial score (nSPS) is 22.5. The number of carbonyl (C=O) groups excluding carboxylic acids is 1. The molecule has 0 bridgehead atoms. The molecule has 1 aliphatic heterocycles. The molecule has 1 aliphatic carbocycles. The number of hydrogen-bond acceptors (Lipinski definition) is 5. The van der Waals surface area contributed by atoms with Gasteiger partial charge in [0.2, 0.25) is 5.91 Å². The standard InChI is InChI=1S/C21H24N4O2S/c1-14-12-19-22-23-21(25(19)16-7-3-2-6-15(14)16)28-13-20(26)24-10-11-27-18-9-5-4-8-17(18)24/h2-3,6-7,12,17-18H,4-5,8-11,13H2,1H3. The summed E-state index contributed by atoms with van der Waals surface area (Å²) in [7, 11) is 0. The molecule has 2 unspecified atom stereocenters. The second-order valence-electron chi connectivity index (χ2n) is 7.66. The van der Waals surface area contributed by atoms with Gasteiger partial charge in [0.15, 0.2) is 10.8 Å². The molecule has 2 aliphatic rings. The topological polar surface area (TPSA) is 59.7 Å². The van der Waals surface area contributed by atoms with Gasteiger partial charge in [-0.2, -0.15) is 0 Å². The molecule has 146 valence electrons. The number of pyridine rings is 1. The zero-order valence-electron chi connectivity index (χ0n) is 16.0. The fraction of sp³-hybridized carbons (Fsp3) is 0.476. The van der Waals surface area contributed by atoms with Gasteiger partial charge in [-0.15, -0.1) is 10.2 Å². The number of fused-ring (bicyclic) bond motifs is 4. The Morgan fingerprint density at radius 1 is 1.25 bits per heavy atom. The van der Waals surface area contributed by atoms with E-state index in [-0.39, 0.29) is 18.1 Å². The number of morpholine rings is 1. The fourth-order valence-corrected chi connectivity index (χ4v) is 5.42. The van der Waals surface area contributed by atoms with Crippen molar-refractivity contribution < 1.29 is 9.53 Å². The van der Waals surface area contributed by atoms with Gasteiger partial charge in [-0.05, 0) is 37.5 Å². The lowest BCUT2D eigenvalue weighted by molar-refractivity contribution is -0.146. The van der Waals surface area contributed by atoms with Gasteiger partial charge in [0.1, 0.15) is 0 Å². The smallest absolute Gasteiger partial charge is 0.233 e. The van der Waals surface area contributed by atoms with E-state index in [1.807, 2.05) is 17.0 Å². The molecule has 28 heavy (non-hydrogen) atoms. The molecule has 0 spiro atoms. The molecule has 1 amide bonds. The Morgan fingerprint density at radius 2 is 2.11 bits per heavy atom. The summed E-state index contributed by atoms with van der Waals surface area (Å²) in [6.45, 7) is 3.44. The first-order chi connectivity index (χ1) is 13.7. The summed E-state index contributed by atoms with van der Waals surface area (Å²) >= 11 is 1.48. The average molecular weight is 397 g/mol. The van der Waals surface area contributed by atoms with Crippen molar-refractivity contribution in [3.05, 3.63) is 35.9 Å². The quantitative estimate of drug-likeness (QED) is 0.635. The predicted molar refractivity (Wildman–Crippen MR) is 110 cm³/mol. The van der Waals surface area contributed by atoms with Crippen LogP contribution in [0.5, 0.6) is 0 Å². The van der Waals surface area contributed by atoms with Crippen LogP contribution in [0.1, 0.15) is 31.2 Å². The second-order valence-corrected chi connectivity index (χ2v) is 8.60. The van der Waals surface area contributed by atoms with Crippen LogP contribution in [-0.2, 0) is 9.53 Å². The molecule has 5 rings (SSSR count). The first-order valence-corrected chi connectivity index (χ1v) is 11.0. The molecule has 3 heterocycles. The predicted octanol–water partition coefficient (Wildman–Crippen LogP) is 3.45. The molecule has 1 saturated heterocycles. The zero-order valence-corrected chi connectivity index (χ0v) is 16.8. The van der Waals surface area contributed by atoms with Gasteiger partial charge in [0.05, 0.1) is 30.0 Å². The highest BCUT2D eigenvalue weighted by Gasteiger charge is 2.36. The molecule has 3 aromatic rings. The third-order valence-electron chi connectivity index (χ3n) is 5.95. The number of para-hydroxylation sites is 1. The third kappa shape index (κ3) is 3.06. The monoisotopic (exact) mass is 396 g/mol. The SMILES string of the molecule is Cc1cc2nnc(SCC(=O)N3CCOC4CCCCC43)n2c2ccccc12. The number of carbonyl (C=O) groups is 1. The van der Waals surface area contributed by atoms with Crippen molar-refractivity contribution in [3.8, 4) is 0 Å². The van der Waals surface area contributed by atoms with Gasteiger partial charge in [-0.1, -0.05) is 42.8 Å². The van der Waals surface area contributed by atoms with E-state index in [1.54, 1.807) is 0 Å². The second kappa shape index (κ2) is 7.37. The molecule has 1 aromatic carbocycles. The molecule has 0 radical (unpaired) electrons. The Labute approximate surface area is 168 Å². The Balaban J connectivity index is 1.39. The number of aryl methyl sites for hydroxylation is 1. The summed E-state index contributed by atoms with van der Waals surface area (Å²) in [4.78, 5) is 15.0. The molecule has 1 saturated carbocycles. The Hall–Kier alpha value is -2.12. The highest BCUT2D eigenvalue weighted by Crippen LogP contribution is 2.30. The maximum atomic E-state index is 13.0. The van der Waals surface area contributed by atoms with Gasteiger partial charge in [0.25, 0.3) is 0 Å². The molecule has 6 nitrogen and oxygen atoms in total. The van der Waals surface area contributed by atoms with E-state index in [0.717, 1.165) is 29.2 Å². The minimum absolute atomic E-state index is 0.179. The fourth-order valence-electron chi connectivity index (χ4n) is 4.58.